The number of para-hydroxylation sites is 1. The van der Waals surface area contributed by atoms with E-state index in [-0.39, 0.29) is 5.39 Å². The van der Waals surface area contributed by atoms with Crippen LogP contribution in [0.2, 0.25) is 0 Å². The number of fused-ring (bicyclic) bond motifs is 1. The molecule has 0 N–H and O–H groups in total. The van der Waals surface area contributed by atoms with Crippen molar-refractivity contribution in [3.8, 4) is 5.69 Å². The molecule has 106 valence electrons. The molecule has 0 unspecified atom stereocenters. The van der Waals surface area contributed by atoms with Gasteiger partial charge in [0.1, 0.15) is 17.0 Å². The van der Waals surface area contributed by atoms with Crippen LogP contribution in [0.3, 0.4) is 0 Å². The van der Waals surface area contributed by atoms with Gasteiger partial charge in [-0.3, -0.25) is 9.36 Å². The van der Waals surface area contributed by atoms with Crippen molar-refractivity contribution in [2.45, 2.75) is 6.42 Å². The predicted molar refractivity (Wildman–Crippen MR) is 81.7 cm³/mol. The lowest BCUT2D eigenvalue weighted by atomic mass is 10.2. The van der Waals surface area contributed by atoms with E-state index in [0.717, 1.165) is 0 Å². The number of aromatic nitrogens is 2. The van der Waals surface area contributed by atoms with Gasteiger partial charge in [-0.1, -0.05) is 24.3 Å². The van der Waals surface area contributed by atoms with Crippen LogP contribution in [0.15, 0.2) is 53.3 Å². The Bertz CT molecular complexity index is 846. The molecule has 21 heavy (non-hydrogen) atoms. The molecule has 0 saturated heterocycles. The van der Waals surface area contributed by atoms with Crippen molar-refractivity contribution < 1.29 is 4.39 Å². The van der Waals surface area contributed by atoms with Crippen LogP contribution in [-0.4, -0.2) is 15.4 Å². The van der Waals surface area contributed by atoms with E-state index in [1.807, 2.05) is 18.2 Å². The highest BCUT2D eigenvalue weighted by molar-refractivity contribution is 6.17. The van der Waals surface area contributed by atoms with Crippen LogP contribution in [0, 0.1) is 5.82 Å². The quantitative estimate of drug-likeness (QED) is 0.696. The lowest BCUT2D eigenvalue weighted by Crippen LogP contribution is -2.25. The molecule has 5 heteroatoms. The number of hydrogen-bond donors (Lipinski definition) is 0. The van der Waals surface area contributed by atoms with Gasteiger partial charge in [0.15, 0.2) is 0 Å². The minimum atomic E-state index is -0.563. The van der Waals surface area contributed by atoms with Crippen LogP contribution in [-0.2, 0) is 6.42 Å². The van der Waals surface area contributed by atoms with Crippen LogP contribution in [0.1, 0.15) is 5.82 Å². The topological polar surface area (TPSA) is 34.9 Å². The normalized spacial score (nSPS) is 11.0. The van der Waals surface area contributed by atoms with E-state index in [4.69, 9.17) is 11.6 Å². The van der Waals surface area contributed by atoms with Crippen molar-refractivity contribution in [2.24, 2.45) is 0 Å². The molecule has 0 aliphatic carbocycles. The second-order valence-electron chi connectivity index (χ2n) is 4.58. The zero-order valence-corrected chi connectivity index (χ0v) is 11.8. The monoisotopic (exact) mass is 302 g/mol. The van der Waals surface area contributed by atoms with Crippen molar-refractivity contribution in [2.75, 3.05) is 5.88 Å². The third kappa shape index (κ3) is 2.43. The van der Waals surface area contributed by atoms with Crippen molar-refractivity contribution in [3.63, 3.8) is 0 Å². The van der Waals surface area contributed by atoms with Gasteiger partial charge in [-0.05, 0) is 24.3 Å². The van der Waals surface area contributed by atoms with E-state index in [9.17, 15) is 9.18 Å². The summed E-state index contributed by atoms with van der Waals surface area (Å²) in [5.74, 6) is 0.298. The molecule has 1 aromatic heterocycles. The molecule has 0 aliphatic heterocycles. The summed E-state index contributed by atoms with van der Waals surface area (Å²) in [6.07, 6.45) is 0.429. The lowest BCUT2D eigenvalue weighted by molar-refractivity contribution is 0.636. The Kier molecular flexibility index (Phi) is 3.71. The molecular weight excluding hydrogens is 291 g/mol. The van der Waals surface area contributed by atoms with Crippen LogP contribution in [0.5, 0.6) is 0 Å². The summed E-state index contributed by atoms with van der Waals surface area (Å²) in [6, 6.07) is 13.5. The Morgan fingerprint density at radius 3 is 2.57 bits per heavy atom. The Hall–Kier alpha value is -2.20. The maximum Gasteiger partial charge on any atom is 0.268 e. The van der Waals surface area contributed by atoms with Gasteiger partial charge >= 0.3 is 0 Å². The molecule has 3 nitrogen and oxygen atoms in total. The third-order valence-corrected chi connectivity index (χ3v) is 3.44. The fourth-order valence-corrected chi connectivity index (χ4v) is 2.50. The highest BCUT2D eigenvalue weighted by atomic mass is 35.5. The fourth-order valence-electron chi connectivity index (χ4n) is 2.33. The first-order valence-corrected chi connectivity index (χ1v) is 7.07. The lowest BCUT2D eigenvalue weighted by Gasteiger charge is -2.13. The molecule has 0 bridgehead atoms. The van der Waals surface area contributed by atoms with E-state index in [1.54, 1.807) is 24.3 Å². The zero-order valence-electron chi connectivity index (χ0n) is 11.1. The molecule has 0 aliphatic rings. The number of aryl methyl sites for hydroxylation is 1. The zero-order chi connectivity index (χ0) is 14.8. The third-order valence-electron chi connectivity index (χ3n) is 3.25. The molecule has 1 heterocycles. The number of nitrogens with zero attached hydrogens (tertiary/aromatic N) is 2. The highest BCUT2D eigenvalue weighted by Crippen LogP contribution is 2.16. The SMILES string of the molecule is O=c1c2c(F)cccc2nc(CCCl)n1-c1ccccc1. The summed E-state index contributed by atoms with van der Waals surface area (Å²) in [6.45, 7) is 0. The largest absolute Gasteiger partial charge is 0.268 e. The van der Waals surface area contributed by atoms with Crippen molar-refractivity contribution in [1.82, 2.24) is 9.55 Å². The number of halogens is 2. The average molecular weight is 303 g/mol. The van der Waals surface area contributed by atoms with Gasteiger partial charge < -0.3 is 0 Å². The summed E-state index contributed by atoms with van der Waals surface area (Å²) >= 11 is 5.80. The van der Waals surface area contributed by atoms with Gasteiger partial charge in [0.05, 0.1) is 11.2 Å². The predicted octanol–water partition coefficient (Wildman–Crippen LogP) is 3.31. The summed E-state index contributed by atoms with van der Waals surface area (Å²) in [4.78, 5) is 17.1. The van der Waals surface area contributed by atoms with Crippen LogP contribution in [0.25, 0.3) is 16.6 Å². The minimum Gasteiger partial charge on any atom is -0.268 e. The summed E-state index contributed by atoms with van der Waals surface area (Å²) in [7, 11) is 0. The number of rotatable bonds is 3. The number of alkyl halides is 1. The Morgan fingerprint density at radius 1 is 1.10 bits per heavy atom. The molecule has 2 aromatic carbocycles. The van der Waals surface area contributed by atoms with E-state index in [2.05, 4.69) is 4.98 Å². The summed E-state index contributed by atoms with van der Waals surface area (Å²) in [5.41, 5.74) is 0.594. The summed E-state index contributed by atoms with van der Waals surface area (Å²) < 4.78 is 15.4. The van der Waals surface area contributed by atoms with Crippen LogP contribution in [0.4, 0.5) is 4.39 Å². The molecule has 3 aromatic rings. The fraction of sp³-hybridized carbons (Fsp3) is 0.125. The van der Waals surface area contributed by atoms with E-state index < -0.39 is 11.4 Å². The van der Waals surface area contributed by atoms with Crippen LogP contribution < -0.4 is 5.56 Å². The Labute approximate surface area is 125 Å². The van der Waals surface area contributed by atoms with E-state index in [0.29, 0.717) is 29.3 Å². The molecule has 0 atom stereocenters. The second-order valence-corrected chi connectivity index (χ2v) is 4.96. The van der Waals surface area contributed by atoms with Gasteiger partial charge in [0.2, 0.25) is 0 Å². The minimum absolute atomic E-state index is 0.000300. The van der Waals surface area contributed by atoms with Gasteiger partial charge in [0.25, 0.3) is 5.56 Å². The van der Waals surface area contributed by atoms with Gasteiger partial charge in [-0.2, -0.15) is 0 Å². The van der Waals surface area contributed by atoms with E-state index in [1.165, 1.54) is 10.6 Å². The van der Waals surface area contributed by atoms with Gasteiger partial charge in [0, 0.05) is 12.3 Å². The Morgan fingerprint density at radius 2 is 1.86 bits per heavy atom. The van der Waals surface area contributed by atoms with E-state index >= 15 is 0 Å². The molecule has 0 amide bonds. The molecule has 0 spiro atoms. The van der Waals surface area contributed by atoms with Gasteiger partial charge in [-0.15, -0.1) is 11.6 Å². The first kappa shape index (κ1) is 13.8. The molecule has 0 saturated carbocycles. The smallest absolute Gasteiger partial charge is 0.268 e. The standard InChI is InChI=1S/C16H12ClFN2O/c17-10-9-14-19-13-8-4-7-12(18)15(13)16(21)20(14)11-5-2-1-3-6-11/h1-8H,9-10H2. The molecule has 0 fully saturated rings. The molecular formula is C16H12ClFN2O. The maximum absolute atomic E-state index is 14.0. The van der Waals surface area contributed by atoms with Crippen molar-refractivity contribution >= 4 is 22.5 Å². The van der Waals surface area contributed by atoms with Crippen LogP contribution >= 0.6 is 11.6 Å². The number of hydrogen-bond acceptors (Lipinski definition) is 2. The highest BCUT2D eigenvalue weighted by Gasteiger charge is 2.14. The number of benzene rings is 2. The Balaban J connectivity index is 2.41. The first-order chi connectivity index (χ1) is 10.2. The van der Waals surface area contributed by atoms with Gasteiger partial charge in [-0.25, -0.2) is 9.37 Å². The summed E-state index contributed by atoms with van der Waals surface area (Å²) in [5, 5.41) is -0.000300. The second kappa shape index (κ2) is 5.66. The first-order valence-electron chi connectivity index (χ1n) is 6.54. The average Bonchev–Trinajstić information content (AvgIpc) is 2.48. The molecule has 3 rings (SSSR count). The van der Waals surface area contributed by atoms with Crippen molar-refractivity contribution in [3.05, 3.63) is 70.5 Å². The maximum atomic E-state index is 14.0. The van der Waals surface area contributed by atoms with Crippen molar-refractivity contribution in [1.29, 1.82) is 0 Å². The molecule has 0 radical (unpaired) electrons.